The van der Waals surface area contributed by atoms with E-state index in [9.17, 15) is 68.1 Å². The molecule has 1 fully saturated rings. The number of carboxylic acids is 3. The molecule has 1 aromatic heterocycles. The highest BCUT2D eigenvalue weighted by Crippen LogP contribution is 2.20. The van der Waals surface area contributed by atoms with Crippen molar-refractivity contribution in [2.45, 2.75) is 146 Å². The molecule has 2 heterocycles. The molecule has 0 spiro atoms. The Bertz CT molecular complexity index is 2410. The smallest absolute Gasteiger partial charge is 0.326 e. The number of aliphatic imine (C=N–C) groups is 1. The summed E-state index contributed by atoms with van der Waals surface area (Å²) in [7, 11) is 0. The van der Waals surface area contributed by atoms with Gasteiger partial charge in [-0.3, -0.25) is 52.9 Å². The Hall–Kier alpha value is -7.82. The van der Waals surface area contributed by atoms with Crippen LogP contribution >= 0.6 is 11.8 Å². The Labute approximate surface area is 454 Å². The number of aliphatic carboxylic acids is 3. The number of nitrogens with two attached hydrogens (primary N) is 3. The first-order valence-corrected chi connectivity index (χ1v) is 26.8. The lowest BCUT2D eigenvalue weighted by Gasteiger charge is -2.29. The molecule has 0 unspecified atom stereocenters. The SMILES string of the molecule is CC[C@H](C)[C@H](NC(=O)[C@H](Cc1ccccc1)NC(=O)[C@H](Cc1cnc[nH]1)NC(=O)[C@H](C)NC(=O)[C@H](CC(=O)O)NC(=O)[C@H](CCC(=O)O)NC(=O)[C@H](CCCN=C(N)N)NC(=O)[C@@H]1CCCN1C(=O)[C@@H](N)CCSC)C(=O)O. The van der Waals surface area contributed by atoms with Gasteiger partial charge < -0.3 is 79.6 Å². The Kier molecular flexibility index (Phi) is 27.0. The third-order valence-corrected chi connectivity index (χ3v) is 13.4. The van der Waals surface area contributed by atoms with Crippen LogP contribution < -0.4 is 54.4 Å². The van der Waals surface area contributed by atoms with Crippen molar-refractivity contribution < 1.29 is 68.1 Å². The lowest BCUT2D eigenvalue weighted by atomic mass is 9.98. The molecule has 78 heavy (non-hydrogen) atoms. The third kappa shape index (κ3) is 21.7. The van der Waals surface area contributed by atoms with E-state index in [4.69, 9.17) is 17.2 Å². The largest absolute Gasteiger partial charge is 0.481 e. The number of carboxylic acid groups (broad SMARTS) is 3. The highest BCUT2D eigenvalue weighted by Gasteiger charge is 2.39. The van der Waals surface area contributed by atoms with Crippen LogP contribution in [0.3, 0.4) is 0 Å². The molecular formula is C49H74N14O14S. The van der Waals surface area contributed by atoms with Gasteiger partial charge in [0, 0.05) is 44.2 Å². The number of nitrogens with zero attached hydrogens (tertiary/aromatic N) is 3. The van der Waals surface area contributed by atoms with Gasteiger partial charge in [-0.15, -0.1) is 0 Å². The number of amides is 8. The molecule has 0 saturated carbocycles. The number of hydrogen-bond acceptors (Lipinski definition) is 15. The molecule has 1 saturated heterocycles. The van der Waals surface area contributed by atoms with Crippen molar-refractivity contribution in [2.24, 2.45) is 28.1 Å². The van der Waals surface area contributed by atoms with Crippen LogP contribution in [0.5, 0.6) is 0 Å². The summed E-state index contributed by atoms with van der Waals surface area (Å²) in [6.45, 7) is 4.81. The summed E-state index contributed by atoms with van der Waals surface area (Å²) >= 11 is 1.49. The van der Waals surface area contributed by atoms with E-state index < -0.39 is 145 Å². The lowest BCUT2D eigenvalue weighted by Crippen LogP contribution is -2.60. The average molecular weight is 1120 g/mol. The van der Waals surface area contributed by atoms with Gasteiger partial charge in [-0.25, -0.2) is 9.78 Å². The molecule has 0 bridgehead atoms. The van der Waals surface area contributed by atoms with Crippen LogP contribution in [0.15, 0.2) is 47.8 Å². The molecule has 0 radical (unpaired) electrons. The van der Waals surface area contributed by atoms with Gasteiger partial charge in [-0.2, -0.15) is 11.8 Å². The number of thioether (sulfide) groups is 1. The number of carbonyl (C=O) groups excluding carboxylic acids is 8. The second kappa shape index (κ2) is 32.7. The maximum absolute atomic E-state index is 14.1. The van der Waals surface area contributed by atoms with Crippen molar-refractivity contribution in [2.75, 3.05) is 25.1 Å². The first kappa shape index (κ1) is 64.5. The number of nitrogens with one attached hydrogen (secondary N) is 8. The fraction of sp³-hybridized carbons (Fsp3) is 0.571. The van der Waals surface area contributed by atoms with Crippen LogP contribution in [-0.4, -0.2) is 181 Å². The molecular weight excluding hydrogens is 1040 g/mol. The van der Waals surface area contributed by atoms with Gasteiger partial charge in [0.2, 0.25) is 47.3 Å². The molecule has 17 N–H and O–H groups in total. The molecule has 0 aliphatic carbocycles. The highest BCUT2D eigenvalue weighted by atomic mass is 32.2. The average Bonchev–Trinajstić information content (AvgIpc) is 4.11. The minimum absolute atomic E-state index is 0.00683. The summed E-state index contributed by atoms with van der Waals surface area (Å²) in [5.41, 5.74) is 18.0. The van der Waals surface area contributed by atoms with Crippen molar-refractivity contribution in [1.82, 2.24) is 52.1 Å². The fourth-order valence-corrected chi connectivity index (χ4v) is 8.65. The van der Waals surface area contributed by atoms with Crippen LogP contribution in [-0.2, 0) is 65.6 Å². The Balaban J connectivity index is 1.85. The van der Waals surface area contributed by atoms with Gasteiger partial charge >= 0.3 is 17.9 Å². The monoisotopic (exact) mass is 1110 g/mol. The number of imidazole rings is 1. The van der Waals surface area contributed by atoms with Crippen LogP contribution in [0.4, 0.5) is 0 Å². The van der Waals surface area contributed by atoms with E-state index in [1.54, 1.807) is 44.2 Å². The highest BCUT2D eigenvalue weighted by molar-refractivity contribution is 7.98. The number of benzene rings is 1. The van der Waals surface area contributed by atoms with E-state index >= 15 is 0 Å². The summed E-state index contributed by atoms with van der Waals surface area (Å²) < 4.78 is 0. The first-order valence-electron chi connectivity index (χ1n) is 25.4. The number of H-pyrrole nitrogens is 1. The van der Waals surface area contributed by atoms with Crippen molar-refractivity contribution in [3.8, 4) is 0 Å². The maximum Gasteiger partial charge on any atom is 0.326 e. The summed E-state index contributed by atoms with van der Waals surface area (Å²) in [6, 6.07) is -4.17. The van der Waals surface area contributed by atoms with Gasteiger partial charge in [0.25, 0.3) is 0 Å². The quantitative estimate of drug-likeness (QED) is 0.0191. The van der Waals surface area contributed by atoms with E-state index in [2.05, 4.69) is 52.2 Å². The molecule has 1 aliphatic rings. The van der Waals surface area contributed by atoms with Gasteiger partial charge in [-0.05, 0) is 68.9 Å². The van der Waals surface area contributed by atoms with Crippen LogP contribution in [0.1, 0.15) is 89.8 Å². The molecule has 2 aromatic rings. The Morgan fingerprint density at radius 2 is 1.35 bits per heavy atom. The molecule has 28 nitrogen and oxygen atoms in total. The number of guanidine groups is 1. The zero-order valence-electron chi connectivity index (χ0n) is 44.0. The van der Waals surface area contributed by atoms with Crippen LogP contribution in [0.25, 0.3) is 0 Å². The molecule has 8 amide bonds. The lowest BCUT2D eigenvalue weighted by molar-refractivity contribution is -0.144. The summed E-state index contributed by atoms with van der Waals surface area (Å²) in [5, 5.41) is 46.4. The minimum atomic E-state index is -1.95. The maximum atomic E-state index is 14.1. The van der Waals surface area contributed by atoms with Gasteiger partial charge in [0.15, 0.2) is 5.96 Å². The first-order chi connectivity index (χ1) is 36.9. The van der Waals surface area contributed by atoms with Gasteiger partial charge in [0.05, 0.1) is 18.8 Å². The number of carbonyl (C=O) groups is 11. The Morgan fingerprint density at radius 3 is 1.94 bits per heavy atom. The van der Waals surface area contributed by atoms with E-state index in [0.717, 1.165) is 0 Å². The normalized spacial score (nSPS) is 16.4. The predicted molar refractivity (Wildman–Crippen MR) is 283 cm³/mol. The topological polar surface area (TPSA) is 455 Å². The second-order valence-corrected chi connectivity index (χ2v) is 19.8. The van der Waals surface area contributed by atoms with E-state index in [0.29, 0.717) is 36.3 Å². The fourth-order valence-electron chi connectivity index (χ4n) is 8.16. The van der Waals surface area contributed by atoms with E-state index in [1.807, 2.05) is 6.26 Å². The number of aromatic amines is 1. The van der Waals surface area contributed by atoms with Gasteiger partial charge in [-0.1, -0.05) is 50.6 Å². The molecule has 29 heteroatoms. The number of likely N-dealkylation sites (tertiary alicyclic amines) is 1. The van der Waals surface area contributed by atoms with Crippen LogP contribution in [0, 0.1) is 5.92 Å². The zero-order valence-corrected chi connectivity index (χ0v) is 44.8. The predicted octanol–water partition coefficient (Wildman–Crippen LogP) is -2.80. The molecule has 3 rings (SSSR count). The summed E-state index contributed by atoms with van der Waals surface area (Å²) in [6.07, 6.45) is 3.28. The van der Waals surface area contributed by atoms with Gasteiger partial charge in [0.1, 0.15) is 48.3 Å². The standard InChI is InChI=1S/C49H74N14O14S/c1-5-26(2)39(48(76)77)62-45(73)33(21-28-11-7-6-8-12-28)60-44(72)34(22-29-24-53-25-55-29)59-40(68)27(3)56-43(71)35(23-38(66)67)61-42(70)32(15-16-37(64)65)57-41(69)31(13-9-18-54-49(51)52)58-46(74)36-14-10-19-63(36)47(75)30(50)17-20-78-4/h6-8,11-12,24-27,30-36,39H,5,9-10,13-23,50H2,1-4H3,(H,53,55)(H,56,71)(H,57,69)(H,58,74)(H,59,68)(H,60,72)(H,61,70)(H,62,73)(H,64,65)(H,66,67)(H,76,77)(H4,51,52,54)/t26-,27-,30-,31-,32-,33-,34-,35-,36-,39-/m0/s1. The second-order valence-electron chi connectivity index (χ2n) is 18.8. The van der Waals surface area contributed by atoms with Crippen LogP contribution in [0.2, 0.25) is 0 Å². The summed E-state index contributed by atoms with van der Waals surface area (Å²) in [4.78, 5) is 158. The number of rotatable bonds is 34. The van der Waals surface area contributed by atoms with E-state index in [1.165, 1.54) is 36.1 Å². The van der Waals surface area contributed by atoms with Crippen molar-refractivity contribution in [3.05, 3.63) is 54.1 Å². The minimum Gasteiger partial charge on any atom is -0.481 e. The Morgan fingerprint density at radius 1 is 0.756 bits per heavy atom. The zero-order chi connectivity index (χ0) is 58.1. The number of aromatic nitrogens is 2. The molecule has 1 aliphatic heterocycles. The van der Waals surface area contributed by atoms with Crippen molar-refractivity contribution in [3.63, 3.8) is 0 Å². The van der Waals surface area contributed by atoms with E-state index in [-0.39, 0.29) is 51.2 Å². The molecule has 430 valence electrons. The third-order valence-electron chi connectivity index (χ3n) is 12.7. The summed E-state index contributed by atoms with van der Waals surface area (Å²) in [5.74, 6) is -11.7. The molecule has 1 aromatic carbocycles. The van der Waals surface area contributed by atoms with Crippen molar-refractivity contribution in [1.29, 1.82) is 0 Å². The van der Waals surface area contributed by atoms with Crippen molar-refractivity contribution >= 4 is 82.9 Å². The number of hydrogen-bond donors (Lipinski definition) is 14. The molecule has 10 atom stereocenters.